The Morgan fingerprint density at radius 2 is 1.76 bits per heavy atom. The number of phenolic OH excluding ortho intramolecular Hbond substituents is 1. The van der Waals surface area contributed by atoms with Crippen LogP contribution >= 0.6 is 11.6 Å². The van der Waals surface area contributed by atoms with Crippen LogP contribution in [-0.2, 0) is 11.2 Å². The molecule has 0 saturated carbocycles. The molecular weight excluding hydrogens is 290 g/mol. The van der Waals surface area contributed by atoms with Crippen molar-refractivity contribution in [2.75, 3.05) is 13.2 Å². The van der Waals surface area contributed by atoms with Crippen LogP contribution in [0.4, 0.5) is 0 Å². The fourth-order valence-electron chi connectivity index (χ4n) is 1.75. The molecule has 2 aromatic rings. The van der Waals surface area contributed by atoms with Crippen molar-refractivity contribution in [2.45, 2.75) is 6.42 Å². The zero-order chi connectivity index (χ0) is 15.1. The molecule has 0 fully saturated rings. The summed E-state index contributed by atoms with van der Waals surface area (Å²) in [6, 6.07) is 13.6. The van der Waals surface area contributed by atoms with Crippen molar-refractivity contribution < 1.29 is 14.6 Å². The molecule has 0 heterocycles. The smallest absolute Gasteiger partial charge is 0.224 e. The predicted molar refractivity (Wildman–Crippen MR) is 81.8 cm³/mol. The number of aromatic hydroxyl groups is 1. The minimum atomic E-state index is -0.0830. The third-order valence-electron chi connectivity index (χ3n) is 2.81. The van der Waals surface area contributed by atoms with Gasteiger partial charge in [0, 0.05) is 5.02 Å². The zero-order valence-electron chi connectivity index (χ0n) is 11.4. The van der Waals surface area contributed by atoms with Crippen LogP contribution in [0.5, 0.6) is 11.5 Å². The summed E-state index contributed by atoms with van der Waals surface area (Å²) in [5.74, 6) is 0.822. The van der Waals surface area contributed by atoms with Gasteiger partial charge in [-0.1, -0.05) is 23.7 Å². The topological polar surface area (TPSA) is 58.6 Å². The summed E-state index contributed by atoms with van der Waals surface area (Å²) in [6.07, 6.45) is 0.279. The first-order valence-corrected chi connectivity index (χ1v) is 6.94. The fourth-order valence-corrected chi connectivity index (χ4v) is 1.88. The molecule has 2 aromatic carbocycles. The van der Waals surface area contributed by atoms with E-state index in [4.69, 9.17) is 21.4 Å². The van der Waals surface area contributed by atoms with Gasteiger partial charge in [0.15, 0.2) is 0 Å². The lowest BCUT2D eigenvalue weighted by molar-refractivity contribution is -0.120. The molecular formula is C16H16ClNO3. The number of hydrogen-bond donors (Lipinski definition) is 2. The van der Waals surface area contributed by atoms with Crippen molar-refractivity contribution >= 4 is 17.5 Å². The Bertz CT molecular complexity index is 581. The number of phenols is 1. The van der Waals surface area contributed by atoms with Gasteiger partial charge in [-0.25, -0.2) is 0 Å². The molecule has 2 rings (SSSR count). The van der Waals surface area contributed by atoms with Gasteiger partial charge in [-0.2, -0.15) is 0 Å². The Hall–Kier alpha value is -2.20. The largest absolute Gasteiger partial charge is 0.508 e. The summed E-state index contributed by atoms with van der Waals surface area (Å²) in [4.78, 5) is 11.7. The molecule has 0 radical (unpaired) electrons. The van der Waals surface area contributed by atoms with Crippen molar-refractivity contribution in [2.24, 2.45) is 0 Å². The summed E-state index contributed by atoms with van der Waals surface area (Å²) in [5, 5.41) is 12.6. The van der Waals surface area contributed by atoms with E-state index >= 15 is 0 Å². The number of carbonyl (C=O) groups is 1. The lowest BCUT2D eigenvalue weighted by atomic mass is 10.1. The van der Waals surface area contributed by atoms with Crippen LogP contribution in [0.1, 0.15) is 5.56 Å². The van der Waals surface area contributed by atoms with Crippen molar-refractivity contribution in [3.8, 4) is 11.5 Å². The van der Waals surface area contributed by atoms with E-state index in [0.717, 1.165) is 5.56 Å². The number of carbonyl (C=O) groups excluding carboxylic acids is 1. The van der Waals surface area contributed by atoms with Crippen LogP contribution in [0.15, 0.2) is 48.5 Å². The molecule has 1 amide bonds. The number of rotatable bonds is 6. The van der Waals surface area contributed by atoms with Crippen LogP contribution < -0.4 is 10.1 Å². The summed E-state index contributed by atoms with van der Waals surface area (Å²) in [6.45, 7) is 0.822. The summed E-state index contributed by atoms with van der Waals surface area (Å²) in [7, 11) is 0. The van der Waals surface area contributed by atoms with E-state index in [1.165, 1.54) is 0 Å². The standard InChI is InChI=1S/C16H16ClNO3/c17-13-3-7-15(8-4-13)21-10-9-18-16(20)11-12-1-5-14(19)6-2-12/h1-8,19H,9-11H2,(H,18,20). The molecule has 0 spiro atoms. The second kappa shape index (κ2) is 7.55. The van der Waals surface area contributed by atoms with E-state index in [1.54, 1.807) is 48.5 Å². The van der Waals surface area contributed by atoms with Crippen molar-refractivity contribution in [3.63, 3.8) is 0 Å². The van der Waals surface area contributed by atoms with Gasteiger partial charge in [-0.3, -0.25) is 4.79 Å². The molecule has 0 aliphatic heterocycles. The van der Waals surface area contributed by atoms with Gasteiger partial charge in [0.05, 0.1) is 13.0 Å². The molecule has 0 bridgehead atoms. The number of nitrogens with one attached hydrogen (secondary N) is 1. The predicted octanol–water partition coefficient (Wildman–Crippen LogP) is 2.78. The van der Waals surface area contributed by atoms with Crippen LogP contribution in [0.3, 0.4) is 0 Å². The minimum absolute atomic E-state index is 0.0830. The van der Waals surface area contributed by atoms with Gasteiger partial charge >= 0.3 is 0 Å². The normalized spacial score (nSPS) is 10.1. The maximum absolute atomic E-state index is 11.7. The van der Waals surface area contributed by atoms with Gasteiger partial charge in [0.25, 0.3) is 0 Å². The molecule has 4 nitrogen and oxygen atoms in total. The number of benzene rings is 2. The highest BCUT2D eigenvalue weighted by Gasteiger charge is 2.03. The SMILES string of the molecule is O=C(Cc1ccc(O)cc1)NCCOc1ccc(Cl)cc1. The summed E-state index contributed by atoms with van der Waals surface area (Å²) >= 11 is 5.77. The maximum atomic E-state index is 11.7. The van der Waals surface area contributed by atoms with Crippen LogP contribution in [0.25, 0.3) is 0 Å². The second-order valence-corrected chi connectivity index (χ2v) is 4.93. The minimum Gasteiger partial charge on any atom is -0.508 e. The number of hydrogen-bond acceptors (Lipinski definition) is 3. The van der Waals surface area contributed by atoms with Crippen LogP contribution in [0, 0.1) is 0 Å². The zero-order valence-corrected chi connectivity index (χ0v) is 12.1. The summed E-state index contributed by atoms with van der Waals surface area (Å²) < 4.78 is 5.47. The summed E-state index contributed by atoms with van der Waals surface area (Å²) in [5.41, 5.74) is 0.851. The molecule has 5 heteroatoms. The van der Waals surface area contributed by atoms with E-state index in [9.17, 15) is 4.79 Å². The Balaban J connectivity index is 1.67. The van der Waals surface area contributed by atoms with Gasteiger partial charge in [-0.05, 0) is 42.0 Å². The van der Waals surface area contributed by atoms with Crippen molar-refractivity contribution in [3.05, 3.63) is 59.1 Å². The quantitative estimate of drug-likeness (QED) is 0.807. The molecule has 0 aliphatic carbocycles. The van der Waals surface area contributed by atoms with Crippen molar-refractivity contribution in [1.82, 2.24) is 5.32 Å². The number of amides is 1. The molecule has 110 valence electrons. The molecule has 2 N–H and O–H groups in total. The van der Waals surface area contributed by atoms with Gasteiger partial charge < -0.3 is 15.2 Å². The molecule has 0 unspecified atom stereocenters. The highest BCUT2D eigenvalue weighted by atomic mass is 35.5. The Morgan fingerprint density at radius 3 is 2.43 bits per heavy atom. The average Bonchev–Trinajstić information content (AvgIpc) is 2.48. The maximum Gasteiger partial charge on any atom is 0.224 e. The van der Waals surface area contributed by atoms with Gasteiger partial charge in [0.2, 0.25) is 5.91 Å². The lowest BCUT2D eigenvalue weighted by Gasteiger charge is -2.08. The molecule has 0 aromatic heterocycles. The van der Waals surface area contributed by atoms with E-state index in [0.29, 0.717) is 23.9 Å². The van der Waals surface area contributed by atoms with Crippen LogP contribution in [0.2, 0.25) is 5.02 Å². The van der Waals surface area contributed by atoms with Crippen molar-refractivity contribution in [1.29, 1.82) is 0 Å². The highest BCUT2D eigenvalue weighted by Crippen LogP contribution is 2.15. The molecule has 21 heavy (non-hydrogen) atoms. The Labute approximate surface area is 128 Å². The molecule has 0 atom stereocenters. The van der Waals surface area contributed by atoms with E-state index < -0.39 is 0 Å². The highest BCUT2D eigenvalue weighted by molar-refractivity contribution is 6.30. The van der Waals surface area contributed by atoms with Crippen LogP contribution in [-0.4, -0.2) is 24.2 Å². The van der Waals surface area contributed by atoms with E-state index in [2.05, 4.69) is 5.32 Å². The Kier molecular flexibility index (Phi) is 5.46. The average molecular weight is 306 g/mol. The first-order valence-electron chi connectivity index (χ1n) is 6.56. The Morgan fingerprint density at radius 1 is 1.10 bits per heavy atom. The number of ether oxygens (including phenoxy) is 1. The first-order chi connectivity index (χ1) is 10.1. The second-order valence-electron chi connectivity index (χ2n) is 4.50. The lowest BCUT2D eigenvalue weighted by Crippen LogP contribution is -2.29. The van der Waals surface area contributed by atoms with Gasteiger partial charge in [-0.15, -0.1) is 0 Å². The number of halogens is 1. The van der Waals surface area contributed by atoms with E-state index in [1.807, 2.05) is 0 Å². The molecule has 0 aliphatic rings. The van der Waals surface area contributed by atoms with E-state index in [-0.39, 0.29) is 18.1 Å². The monoisotopic (exact) mass is 305 g/mol. The third kappa shape index (κ3) is 5.36. The fraction of sp³-hybridized carbons (Fsp3) is 0.188. The first kappa shape index (κ1) is 15.2. The molecule has 0 saturated heterocycles. The third-order valence-corrected chi connectivity index (χ3v) is 3.06. The van der Waals surface area contributed by atoms with Gasteiger partial charge in [0.1, 0.15) is 18.1 Å².